The van der Waals surface area contributed by atoms with Crippen LogP contribution >= 0.6 is 33.2 Å². The minimum absolute atomic E-state index is 0.935. The first-order valence-corrected chi connectivity index (χ1v) is 6.60. The summed E-state index contributed by atoms with van der Waals surface area (Å²) in [4.78, 5) is 0. The summed E-state index contributed by atoms with van der Waals surface area (Å²) in [5, 5.41) is 0. The first-order valence-electron chi connectivity index (χ1n) is 1.07. The minimum atomic E-state index is -0.935. The van der Waals surface area contributed by atoms with Gasteiger partial charge < -0.3 is 0 Å². The molecule has 0 aliphatic heterocycles. The summed E-state index contributed by atoms with van der Waals surface area (Å²) in [6.45, 7) is 1.80. The summed E-state index contributed by atoms with van der Waals surface area (Å²) >= 11 is 14.7. The lowest BCUT2D eigenvalue weighted by molar-refractivity contribution is 2.34. The van der Waals surface area contributed by atoms with Crippen LogP contribution in [0.3, 0.4) is 0 Å². The van der Waals surface area contributed by atoms with E-state index in [9.17, 15) is 0 Å². The lowest BCUT2D eigenvalue weighted by atomic mass is 11.9. The van der Waals surface area contributed by atoms with Gasteiger partial charge in [0.15, 0.2) is 9.55 Å². The molecule has 0 N–H and O–H groups in total. The minimum Gasteiger partial charge on any atom is -0.174 e. The molecule has 0 aromatic carbocycles. The Hall–Kier alpha value is 1.30. The topological polar surface area (TPSA) is 0 Å². The van der Waals surface area contributed by atoms with Crippen LogP contribution in [0.1, 0.15) is 0 Å². The summed E-state index contributed by atoms with van der Waals surface area (Å²) in [7, 11) is 1.51. The van der Waals surface area contributed by atoms with Crippen LogP contribution < -0.4 is 0 Å². The van der Waals surface area contributed by atoms with E-state index in [-0.39, 0.29) is 0 Å². The second-order valence-corrected chi connectivity index (χ2v) is 5.33. The van der Waals surface area contributed by atoms with Crippen LogP contribution in [0, 0.1) is 0 Å². The van der Waals surface area contributed by atoms with Gasteiger partial charge in [0.05, 0.1) is 0 Å². The number of halogens is 3. The monoisotopic (exact) mass is 176 g/mol. The highest BCUT2D eigenvalue weighted by molar-refractivity contribution is 7.33. The molecule has 4 radical (unpaired) electrons. The molecule has 0 aromatic heterocycles. The second kappa shape index (κ2) is 9.57. The smallest absolute Gasteiger partial charge is 0.174 e. The Morgan fingerprint density at radius 1 is 1.33 bits per heavy atom. The van der Waals surface area contributed by atoms with E-state index in [1.807, 2.05) is 0 Å². The van der Waals surface area contributed by atoms with Gasteiger partial charge in [0.25, 0.3) is 7.42 Å². The maximum atomic E-state index is 5.14. The summed E-state index contributed by atoms with van der Waals surface area (Å²) in [6.07, 6.45) is 0. The number of hydrogen-bond donors (Lipinski definition) is 0. The Kier molecular flexibility index (Phi) is 16.5. The summed E-state index contributed by atoms with van der Waals surface area (Å²) in [5.74, 6) is 0. The van der Waals surface area contributed by atoms with Gasteiger partial charge in [0.1, 0.15) is 0 Å². The summed E-state index contributed by atoms with van der Waals surface area (Å²) < 4.78 is 0. The van der Waals surface area contributed by atoms with Crippen molar-refractivity contribution in [2.45, 2.75) is 6.55 Å². The van der Waals surface area contributed by atoms with Gasteiger partial charge in [-0.15, -0.1) is 22.2 Å². The standard InChI is InChI=1S/CH3Cl2Si.ClSi/c1-4(2)3;1-2/h1H3;. The molecule has 0 fully saturated rings. The molecule has 0 aromatic rings. The maximum absolute atomic E-state index is 5.14. The lowest BCUT2D eigenvalue weighted by Crippen LogP contribution is -1.72. The first kappa shape index (κ1) is 10.3. The van der Waals surface area contributed by atoms with Crippen LogP contribution in [-0.4, -0.2) is 17.0 Å². The molecule has 0 bridgehead atoms. The van der Waals surface area contributed by atoms with Crippen molar-refractivity contribution in [3.05, 3.63) is 0 Å². The second-order valence-electron chi connectivity index (χ2n) is 0.449. The van der Waals surface area contributed by atoms with E-state index in [0.29, 0.717) is 0 Å². The normalized spacial score (nSPS) is 7.00. The molecule has 0 atom stereocenters. The van der Waals surface area contributed by atoms with Crippen LogP contribution in [0.4, 0.5) is 0 Å². The van der Waals surface area contributed by atoms with Crippen molar-refractivity contribution in [3.8, 4) is 0 Å². The van der Waals surface area contributed by atoms with Gasteiger partial charge in [-0.2, -0.15) is 11.1 Å². The highest BCUT2D eigenvalue weighted by atomic mass is 35.7. The summed E-state index contributed by atoms with van der Waals surface area (Å²) in [5.41, 5.74) is 0. The molecule has 0 saturated heterocycles. The quantitative estimate of drug-likeness (QED) is 0.392. The lowest BCUT2D eigenvalue weighted by Gasteiger charge is -1.66. The maximum Gasteiger partial charge on any atom is 0.270 e. The van der Waals surface area contributed by atoms with Crippen molar-refractivity contribution < 1.29 is 0 Å². The molecule has 0 spiro atoms. The SMILES string of the molecule is C[Si](Cl)Cl.[Si]Cl. The molecule has 0 rings (SSSR count). The van der Waals surface area contributed by atoms with Gasteiger partial charge in [-0.25, -0.2) is 0 Å². The molecule has 0 aliphatic rings. The molecule has 0 amide bonds. The molecule has 0 heterocycles. The number of rotatable bonds is 0. The molecule has 0 nitrogen and oxygen atoms in total. The van der Waals surface area contributed by atoms with Crippen molar-refractivity contribution in [1.82, 2.24) is 0 Å². The van der Waals surface area contributed by atoms with Crippen LogP contribution in [0.5, 0.6) is 0 Å². The van der Waals surface area contributed by atoms with Gasteiger partial charge in [-0.05, 0) is 6.55 Å². The Morgan fingerprint density at radius 2 is 1.33 bits per heavy atom. The Morgan fingerprint density at radius 3 is 1.33 bits per heavy atom. The average molecular weight is 178 g/mol. The summed E-state index contributed by atoms with van der Waals surface area (Å²) in [6, 6.07) is 0. The predicted molar refractivity (Wildman–Crippen MR) is 34.9 cm³/mol. The van der Waals surface area contributed by atoms with E-state index in [0.717, 1.165) is 0 Å². The van der Waals surface area contributed by atoms with Gasteiger partial charge in [0.2, 0.25) is 0 Å². The molecular weight excluding hydrogens is 175 g/mol. The Bertz CT molecular complexity index is 13.5. The zero-order valence-corrected chi connectivity index (χ0v) is 7.40. The average Bonchev–Trinajstić information content (AvgIpc) is 1.41. The molecule has 6 heavy (non-hydrogen) atoms. The van der Waals surface area contributed by atoms with E-state index >= 15 is 0 Å². The fraction of sp³-hybridized carbons (Fsp3) is 1.00. The van der Waals surface area contributed by atoms with Gasteiger partial charge in [-0.3, -0.25) is 0 Å². The third-order valence-electron chi connectivity index (χ3n) is 0. The Balaban J connectivity index is 0. The van der Waals surface area contributed by atoms with E-state index in [4.69, 9.17) is 22.2 Å². The highest BCUT2D eigenvalue weighted by Crippen LogP contribution is 1.89. The number of hydrogen-bond acceptors (Lipinski definition) is 0. The van der Waals surface area contributed by atoms with Crippen LogP contribution in [-0.2, 0) is 0 Å². The zero-order valence-electron chi connectivity index (χ0n) is 3.13. The van der Waals surface area contributed by atoms with Gasteiger partial charge in [0, 0.05) is 0 Å². The van der Waals surface area contributed by atoms with E-state index in [2.05, 4.69) is 20.6 Å². The third-order valence-corrected chi connectivity index (χ3v) is 0. The van der Waals surface area contributed by atoms with E-state index in [1.54, 1.807) is 6.55 Å². The van der Waals surface area contributed by atoms with Gasteiger partial charge >= 0.3 is 0 Å². The largest absolute Gasteiger partial charge is 0.270 e. The van der Waals surface area contributed by atoms with Crippen LogP contribution in [0.25, 0.3) is 0 Å². The molecule has 0 unspecified atom stereocenters. The van der Waals surface area contributed by atoms with Crippen molar-refractivity contribution in [3.63, 3.8) is 0 Å². The Labute approximate surface area is 56.9 Å². The van der Waals surface area contributed by atoms with Crippen molar-refractivity contribution in [2.75, 3.05) is 0 Å². The van der Waals surface area contributed by atoms with Crippen LogP contribution in [0.2, 0.25) is 6.55 Å². The fourth-order valence-corrected chi connectivity index (χ4v) is 0. The first-order chi connectivity index (χ1) is 2.73. The molecule has 36 valence electrons. The van der Waals surface area contributed by atoms with Crippen molar-refractivity contribution in [2.24, 2.45) is 0 Å². The van der Waals surface area contributed by atoms with Crippen molar-refractivity contribution >= 4 is 50.2 Å². The third kappa shape index (κ3) is 57.8. The molecule has 5 heteroatoms. The highest BCUT2D eigenvalue weighted by Gasteiger charge is 1.82. The fourth-order valence-electron chi connectivity index (χ4n) is 0. The zero-order chi connectivity index (χ0) is 5.58. The van der Waals surface area contributed by atoms with Crippen molar-refractivity contribution in [1.29, 1.82) is 0 Å². The molecule has 0 aliphatic carbocycles. The van der Waals surface area contributed by atoms with E-state index < -0.39 is 7.42 Å². The molecular formula is CH3Cl3Si2. The van der Waals surface area contributed by atoms with Crippen LogP contribution in [0.15, 0.2) is 0 Å². The van der Waals surface area contributed by atoms with Gasteiger partial charge in [-0.1, -0.05) is 0 Å². The predicted octanol–water partition coefficient (Wildman–Crippen LogP) is 1.89. The molecule has 0 saturated carbocycles. The van der Waals surface area contributed by atoms with E-state index in [1.165, 1.54) is 0 Å².